The van der Waals surface area contributed by atoms with E-state index in [9.17, 15) is 14.7 Å². The SMILES string of the molecule is Cc1c([C@H](c2cc(CN3Cc4[nH]c(=O)ccc4OC4(CC4)C3)c3sccc3c2)C(C)(C)C(=O)O)cnc2c1nnn2C. The summed E-state index contributed by atoms with van der Waals surface area (Å²) in [6.07, 6.45) is 3.73. The number of thiophene rings is 1. The Bertz CT molecular complexity index is 1940. The zero-order valence-corrected chi connectivity index (χ0v) is 24.8. The van der Waals surface area contributed by atoms with Gasteiger partial charge in [-0.1, -0.05) is 11.3 Å². The number of nitrogens with zero attached hydrogens (tertiary/aromatic N) is 5. The van der Waals surface area contributed by atoms with Crippen LogP contribution in [-0.4, -0.2) is 53.1 Å². The highest BCUT2D eigenvalue weighted by atomic mass is 32.1. The zero-order valence-electron chi connectivity index (χ0n) is 24.0. The topological polar surface area (TPSA) is 126 Å². The van der Waals surface area contributed by atoms with Crippen LogP contribution in [0, 0.1) is 12.3 Å². The number of fused-ring (bicyclic) bond motifs is 3. The van der Waals surface area contributed by atoms with E-state index >= 15 is 0 Å². The van der Waals surface area contributed by atoms with Crippen molar-refractivity contribution in [3.05, 3.63) is 80.2 Å². The van der Waals surface area contributed by atoms with Gasteiger partial charge in [0.2, 0.25) is 5.56 Å². The first kappa shape index (κ1) is 26.8. The minimum absolute atomic E-state index is 0.144. The fraction of sp³-hybridized carbons (Fsp3) is 0.387. The highest BCUT2D eigenvalue weighted by molar-refractivity contribution is 7.17. The highest BCUT2D eigenvalue weighted by Gasteiger charge is 2.49. The molecule has 1 aliphatic carbocycles. The van der Waals surface area contributed by atoms with Crippen LogP contribution in [0.25, 0.3) is 21.3 Å². The van der Waals surface area contributed by atoms with E-state index < -0.39 is 17.3 Å². The van der Waals surface area contributed by atoms with Crippen LogP contribution in [0.2, 0.25) is 0 Å². The van der Waals surface area contributed by atoms with Crippen LogP contribution in [0.1, 0.15) is 60.6 Å². The summed E-state index contributed by atoms with van der Waals surface area (Å²) in [5, 5.41) is 22.1. The van der Waals surface area contributed by atoms with E-state index in [-0.39, 0.29) is 11.2 Å². The lowest BCUT2D eigenvalue weighted by molar-refractivity contribution is -0.147. The van der Waals surface area contributed by atoms with Crippen LogP contribution in [0.5, 0.6) is 5.75 Å². The number of hydrogen-bond donors (Lipinski definition) is 2. The van der Waals surface area contributed by atoms with Crippen LogP contribution in [0.3, 0.4) is 0 Å². The molecule has 2 N–H and O–H groups in total. The van der Waals surface area contributed by atoms with E-state index in [1.165, 1.54) is 10.8 Å². The van der Waals surface area contributed by atoms with Gasteiger partial charge in [0.05, 0.1) is 11.1 Å². The number of aryl methyl sites for hydroxylation is 2. The number of rotatable bonds is 6. The second kappa shape index (κ2) is 9.47. The van der Waals surface area contributed by atoms with Crippen molar-refractivity contribution in [2.24, 2.45) is 12.5 Å². The van der Waals surface area contributed by atoms with E-state index in [1.54, 1.807) is 49.2 Å². The predicted molar refractivity (Wildman–Crippen MR) is 160 cm³/mol. The number of hydrogen-bond acceptors (Lipinski definition) is 8. The van der Waals surface area contributed by atoms with Crippen LogP contribution >= 0.6 is 11.3 Å². The molecule has 1 atom stereocenters. The number of aromatic nitrogens is 5. The summed E-state index contributed by atoms with van der Waals surface area (Å²) in [4.78, 5) is 34.9. The van der Waals surface area contributed by atoms with Gasteiger partial charge in [0.1, 0.15) is 16.9 Å². The standard InChI is InChI=1S/C31H32N6O4S/c1-17-21(13-32-28-26(17)34-35-36(28)4)25(30(2,3)29(39)40)19-11-18-7-10-42-27(18)20(12-19)14-37-15-22-23(5-6-24(38)33-22)41-31(16-37)8-9-31/h5-7,10-13,25H,8-9,14-16H2,1-4H3,(H,33,38)(H,39,40)/t25-/m0/s1. The van der Waals surface area contributed by atoms with E-state index in [0.29, 0.717) is 24.3 Å². The lowest BCUT2D eigenvalue weighted by Gasteiger charge is -2.33. The van der Waals surface area contributed by atoms with E-state index in [4.69, 9.17) is 4.74 Å². The number of benzene rings is 1. The molecule has 5 heterocycles. The Morgan fingerprint density at radius 3 is 2.83 bits per heavy atom. The van der Waals surface area contributed by atoms with Crippen molar-refractivity contribution in [2.75, 3.05) is 6.54 Å². The number of aromatic amines is 1. The minimum atomic E-state index is -1.14. The second-order valence-electron chi connectivity index (χ2n) is 12.3. The van der Waals surface area contributed by atoms with Crippen molar-refractivity contribution >= 4 is 38.6 Å². The first-order valence-electron chi connectivity index (χ1n) is 14.1. The van der Waals surface area contributed by atoms with Crippen LogP contribution < -0.4 is 10.3 Å². The maximum atomic E-state index is 12.8. The van der Waals surface area contributed by atoms with Crippen molar-refractivity contribution < 1.29 is 14.6 Å². The molecule has 4 aromatic heterocycles. The van der Waals surface area contributed by atoms with Gasteiger partial charge in [0.15, 0.2) is 5.65 Å². The number of carboxylic acids is 1. The molecule has 0 saturated heterocycles. The molecule has 0 amide bonds. The quantitative estimate of drug-likeness (QED) is 0.293. The zero-order chi connectivity index (χ0) is 29.4. The summed E-state index contributed by atoms with van der Waals surface area (Å²) in [5.41, 5.74) is 4.32. The molecular weight excluding hydrogens is 552 g/mol. The van der Waals surface area contributed by atoms with E-state index in [0.717, 1.165) is 58.5 Å². The molecule has 7 rings (SSSR count). The second-order valence-corrected chi connectivity index (χ2v) is 13.2. The third-order valence-corrected chi connectivity index (χ3v) is 9.86. The highest BCUT2D eigenvalue weighted by Crippen LogP contribution is 2.46. The molecule has 1 spiro atoms. The molecule has 10 nitrogen and oxygen atoms in total. The average Bonchev–Trinajstić information content (AvgIpc) is 3.36. The van der Waals surface area contributed by atoms with Gasteiger partial charge in [-0.2, -0.15) is 0 Å². The van der Waals surface area contributed by atoms with Gasteiger partial charge in [-0.05, 0) is 84.8 Å². The van der Waals surface area contributed by atoms with Crippen molar-refractivity contribution in [3.63, 3.8) is 0 Å². The van der Waals surface area contributed by atoms with Crippen LogP contribution in [0.4, 0.5) is 0 Å². The fourth-order valence-corrected chi connectivity index (χ4v) is 7.28. The summed E-state index contributed by atoms with van der Waals surface area (Å²) < 4.78 is 9.19. The molecule has 1 aromatic carbocycles. The van der Waals surface area contributed by atoms with Gasteiger partial charge in [-0.3, -0.25) is 14.5 Å². The minimum Gasteiger partial charge on any atom is -0.484 e. The molecule has 1 aliphatic heterocycles. The molecular formula is C31H32N6O4S. The first-order chi connectivity index (χ1) is 20.0. The van der Waals surface area contributed by atoms with Gasteiger partial charge in [-0.15, -0.1) is 16.4 Å². The number of H-pyrrole nitrogens is 1. The van der Waals surface area contributed by atoms with Crippen molar-refractivity contribution in [2.45, 2.75) is 58.2 Å². The van der Waals surface area contributed by atoms with Gasteiger partial charge in [0.25, 0.3) is 0 Å². The van der Waals surface area contributed by atoms with E-state index in [1.807, 2.05) is 6.92 Å². The first-order valence-corrected chi connectivity index (χ1v) is 14.9. The third-order valence-electron chi connectivity index (χ3n) is 8.86. The molecule has 0 radical (unpaired) electrons. The summed E-state index contributed by atoms with van der Waals surface area (Å²) in [5.74, 6) is -0.634. The monoisotopic (exact) mass is 584 g/mol. The largest absolute Gasteiger partial charge is 0.484 e. The lowest BCUT2D eigenvalue weighted by atomic mass is 9.70. The molecule has 0 bridgehead atoms. The number of nitrogens with one attached hydrogen (secondary N) is 1. The molecule has 1 fully saturated rings. The Labute approximate surface area is 246 Å². The average molecular weight is 585 g/mol. The Morgan fingerprint density at radius 1 is 1.26 bits per heavy atom. The Morgan fingerprint density at radius 2 is 2.07 bits per heavy atom. The third kappa shape index (κ3) is 4.38. The van der Waals surface area contributed by atoms with Crippen LogP contribution in [0.15, 0.2) is 46.7 Å². The number of carbonyl (C=O) groups is 1. The smallest absolute Gasteiger partial charge is 0.310 e. The summed E-state index contributed by atoms with van der Waals surface area (Å²) in [6, 6.07) is 9.66. The Hall–Kier alpha value is -4.09. The van der Waals surface area contributed by atoms with Gasteiger partial charge in [0, 0.05) is 49.6 Å². The maximum Gasteiger partial charge on any atom is 0.310 e. The normalized spacial score (nSPS) is 17.2. The molecule has 1 saturated carbocycles. The summed E-state index contributed by atoms with van der Waals surface area (Å²) in [6.45, 7) is 7.44. The summed E-state index contributed by atoms with van der Waals surface area (Å²) in [7, 11) is 1.80. The molecule has 216 valence electrons. The Kier molecular flexibility index (Phi) is 6.04. The molecule has 42 heavy (non-hydrogen) atoms. The van der Waals surface area contributed by atoms with Crippen molar-refractivity contribution in [1.29, 1.82) is 0 Å². The summed E-state index contributed by atoms with van der Waals surface area (Å²) >= 11 is 1.68. The molecule has 0 unspecified atom stereocenters. The van der Waals surface area contributed by atoms with Gasteiger partial charge in [-0.25, -0.2) is 9.67 Å². The van der Waals surface area contributed by atoms with Crippen LogP contribution in [-0.2, 0) is 24.9 Å². The lowest BCUT2D eigenvalue weighted by Crippen LogP contribution is -2.34. The maximum absolute atomic E-state index is 12.8. The predicted octanol–water partition coefficient (Wildman–Crippen LogP) is 4.74. The molecule has 5 aromatic rings. The van der Waals surface area contributed by atoms with Crippen molar-refractivity contribution in [3.8, 4) is 5.75 Å². The van der Waals surface area contributed by atoms with Crippen molar-refractivity contribution in [1.82, 2.24) is 29.9 Å². The van der Waals surface area contributed by atoms with Gasteiger partial charge < -0.3 is 14.8 Å². The number of aliphatic carboxylic acids is 1. The van der Waals surface area contributed by atoms with Gasteiger partial charge >= 0.3 is 5.97 Å². The van der Waals surface area contributed by atoms with E-state index in [2.05, 4.69) is 48.8 Å². The number of carboxylic acid groups (broad SMARTS) is 1. The number of pyridine rings is 2. The molecule has 2 aliphatic rings. The fourth-order valence-electron chi connectivity index (χ4n) is 6.39. The molecule has 11 heteroatoms. The number of ether oxygens (including phenoxy) is 1. The Balaban J connectivity index is 1.35.